The van der Waals surface area contributed by atoms with Gasteiger partial charge in [-0.3, -0.25) is 0 Å². The normalized spacial score (nSPS) is 19.4. The summed E-state index contributed by atoms with van der Waals surface area (Å²) in [6.07, 6.45) is 2.24. The SMILES string of the molecule is CC1(C)CC2(C)c3cc(C(C)(C)C)ccc3N(c3ccc4c(c3)N(c3ccc(C(C)(C)C)cc3)c3cc(C(C)(C)C)cc5c3B4c3ccc(-c4ccccc4)cc3N5c3ccc(C(C)(C)C)cc3-c3ccccc3)C2(C)C1. The number of anilines is 8. The number of benzene rings is 8. The van der Waals surface area contributed by atoms with E-state index in [2.05, 4.69) is 295 Å². The summed E-state index contributed by atoms with van der Waals surface area (Å²) in [6.45, 7) is 38.3. The molecule has 77 heavy (non-hydrogen) atoms. The standard InChI is InChI=1S/C73H80BN3/c1-67(2,3)50-28-32-54(33-29-50)75-63-44-55(77-61-38-31-52(69(7,8)9)41-57(61)72(15)45-71(13,14)46-73(72,77)16)34-36-59(63)74-58-35-27-49(47-23-19-17-20-24-47)39-62(58)76(65-43-53(70(10,11)12)42-64(75)66(65)74)60-37-30-51(68(4,5)6)40-56(60)48-25-21-18-22-26-48/h17-44H,45-46H2,1-16H3. The van der Waals surface area contributed by atoms with Gasteiger partial charge >= 0.3 is 0 Å². The van der Waals surface area contributed by atoms with E-state index in [1.807, 2.05) is 0 Å². The summed E-state index contributed by atoms with van der Waals surface area (Å²) >= 11 is 0. The van der Waals surface area contributed by atoms with Crippen molar-refractivity contribution in [3.8, 4) is 22.3 Å². The Morgan fingerprint density at radius 2 is 0.883 bits per heavy atom. The van der Waals surface area contributed by atoms with Crippen LogP contribution < -0.4 is 31.1 Å². The van der Waals surface area contributed by atoms with E-state index < -0.39 is 0 Å². The minimum absolute atomic E-state index is 0.0108. The van der Waals surface area contributed by atoms with Crippen LogP contribution in [0, 0.1) is 5.41 Å². The minimum atomic E-state index is -0.166. The fraction of sp³-hybridized carbons (Fsp3) is 0.342. The number of hydrogen-bond acceptors (Lipinski definition) is 3. The number of fused-ring (bicyclic) bond motifs is 7. The van der Waals surface area contributed by atoms with E-state index in [1.165, 1.54) is 112 Å². The second kappa shape index (κ2) is 17.1. The zero-order valence-electron chi connectivity index (χ0n) is 49.0. The van der Waals surface area contributed by atoms with Gasteiger partial charge in [0, 0.05) is 50.8 Å². The maximum atomic E-state index is 2.78. The average Bonchev–Trinajstić information content (AvgIpc) is 3.99. The zero-order chi connectivity index (χ0) is 54.6. The molecule has 0 bridgehead atoms. The first-order valence-corrected chi connectivity index (χ1v) is 28.5. The Kier molecular flexibility index (Phi) is 11.3. The molecule has 8 aromatic rings. The van der Waals surface area contributed by atoms with Crippen LogP contribution in [0.2, 0.25) is 0 Å². The maximum Gasteiger partial charge on any atom is 0.252 e. The van der Waals surface area contributed by atoms with Crippen LogP contribution in [0.5, 0.6) is 0 Å². The Bertz CT molecular complexity index is 3630. The molecular formula is C73H80BN3. The van der Waals surface area contributed by atoms with Crippen molar-refractivity contribution < 1.29 is 0 Å². The number of hydrogen-bond donors (Lipinski definition) is 0. The highest BCUT2D eigenvalue weighted by Gasteiger charge is 2.64. The van der Waals surface area contributed by atoms with Crippen LogP contribution in [0.25, 0.3) is 22.3 Å². The molecule has 4 heteroatoms. The van der Waals surface area contributed by atoms with Gasteiger partial charge < -0.3 is 14.7 Å². The Morgan fingerprint density at radius 3 is 1.48 bits per heavy atom. The van der Waals surface area contributed by atoms with E-state index in [9.17, 15) is 0 Å². The van der Waals surface area contributed by atoms with Gasteiger partial charge in [-0.05, 0) is 168 Å². The van der Waals surface area contributed by atoms with Crippen LogP contribution in [-0.2, 0) is 27.1 Å². The van der Waals surface area contributed by atoms with Crippen LogP contribution >= 0.6 is 0 Å². The van der Waals surface area contributed by atoms with E-state index in [0.717, 1.165) is 12.8 Å². The summed E-state index contributed by atoms with van der Waals surface area (Å²) in [7, 11) is 0. The van der Waals surface area contributed by atoms with Gasteiger partial charge in [0.25, 0.3) is 6.71 Å². The molecule has 1 aliphatic carbocycles. The van der Waals surface area contributed by atoms with Crippen molar-refractivity contribution in [2.24, 2.45) is 5.41 Å². The molecule has 1 fully saturated rings. The first kappa shape index (κ1) is 51.0. The molecule has 390 valence electrons. The van der Waals surface area contributed by atoms with Crippen molar-refractivity contribution in [3.05, 3.63) is 198 Å². The first-order valence-electron chi connectivity index (χ1n) is 28.5. The molecule has 0 amide bonds. The van der Waals surface area contributed by atoms with Gasteiger partial charge in [-0.2, -0.15) is 0 Å². The third-order valence-corrected chi connectivity index (χ3v) is 18.5. The maximum absolute atomic E-state index is 2.78. The predicted molar refractivity (Wildman–Crippen MR) is 333 cm³/mol. The predicted octanol–water partition coefficient (Wildman–Crippen LogP) is 18.3. The summed E-state index contributed by atoms with van der Waals surface area (Å²) < 4.78 is 0. The summed E-state index contributed by atoms with van der Waals surface area (Å²) in [5.74, 6) is 0. The Labute approximate surface area is 462 Å². The molecule has 0 spiro atoms. The summed E-state index contributed by atoms with van der Waals surface area (Å²) in [5.41, 5.74) is 25.5. The molecule has 12 rings (SSSR count). The molecule has 3 aliphatic heterocycles. The van der Waals surface area contributed by atoms with Crippen LogP contribution in [0.1, 0.15) is 151 Å². The van der Waals surface area contributed by atoms with Gasteiger partial charge in [-0.15, -0.1) is 0 Å². The average molecular weight is 1010 g/mol. The molecule has 0 N–H and O–H groups in total. The van der Waals surface area contributed by atoms with Gasteiger partial charge in [0.05, 0.1) is 11.2 Å². The molecule has 8 aromatic carbocycles. The van der Waals surface area contributed by atoms with Crippen LogP contribution in [0.4, 0.5) is 45.5 Å². The molecule has 2 unspecified atom stereocenters. The highest BCUT2D eigenvalue weighted by Crippen LogP contribution is 2.67. The topological polar surface area (TPSA) is 9.72 Å². The van der Waals surface area contributed by atoms with E-state index >= 15 is 0 Å². The lowest BCUT2D eigenvalue weighted by atomic mass is 9.33. The Balaban J connectivity index is 1.17. The lowest BCUT2D eigenvalue weighted by molar-refractivity contribution is 0.330. The quantitative estimate of drug-likeness (QED) is 0.159. The first-order chi connectivity index (χ1) is 36.2. The van der Waals surface area contributed by atoms with Crippen molar-refractivity contribution in [1.29, 1.82) is 0 Å². The summed E-state index contributed by atoms with van der Waals surface area (Å²) in [6, 6.07) is 66.3. The molecule has 3 nitrogen and oxygen atoms in total. The third-order valence-electron chi connectivity index (χ3n) is 18.5. The highest BCUT2D eigenvalue weighted by atomic mass is 15.3. The second-order valence-corrected chi connectivity index (χ2v) is 28.8. The van der Waals surface area contributed by atoms with E-state index in [1.54, 1.807) is 0 Å². The van der Waals surface area contributed by atoms with Gasteiger partial charge in [-0.1, -0.05) is 213 Å². The smallest absolute Gasteiger partial charge is 0.252 e. The molecule has 1 saturated carbocycles. The fourth-order valence-electron chi connectivity index (χ4n) is 14.4. The summed E-state index contributed by atoms with van der Waals surface area (Å²) in [4.78, 5) is 8.09. The highest BCUT2D eigenvalue weighted by molar-refractivity contribution is 7.00. The van der Waals surface area contributed by atoms with E-state index in [-0.39, 0.29) is 44.7 Å². The van der Waals surface area contributed by atoms with Gasteiger partial charge in [0.1, 0.15) is 0 Å². The molecule has 4 aliphatic rings. The van der Waals surface area contributed by atoms with Crippen LogP contribution in [0.3, 0.4) is 0 Å². The second-order valence-electron chi connectivity index (χ2n) is 28.8. The van der Waals surface area contributed by atoms with Crippen molar-refractivity contribution in [2.75, 3.05) is 14.7 Å². The van der Waals surface area contributed by atoms with Gasteiger partial charge in [0.15, 0.2) is 0 Å². The van der Waals surface area contributed by atoms with E-state index in [4.69, 9.17) is 0 Å². The fourth-order valence-corrected chi connectivity index (χ4v) is 14.4. The molecule has 3 heterocycles. The van der Waals surface area contributed by atoms with Crippen LogP contribution in [0.15, 0.2) is 170 Å². The minimum Gasteiger partial charge on any atom is -0.334 e. The lowest BCUT2D eigenvalue weighted by Gasteiger charge is -2.46. The monoisotopic (exact) mass is 1010 g/mol. The molecular weight excluding hydrogens is 930 g/mol. The lowest BCUT2D eigenvalue weighted by Crippen LogP contribution is -2.61. The van der Waals surface area contributed by atoms with Crippen molar-refractivity contribution in [3.63, 3.8) is 0 Å². The van der Waals surface area contributed by atoms with Gasteiger partial charge in [-0.25, -0.2) is 0 Å². The Morgan fingerprint density at radius 1 is 0.377 bits per heavy atom. The van der Waals surface area contributed by atoms with Crippen molar-refractivity contribution in [2.45, 2.75) is 156 Å². The van der Waals surface area contributed by atoms with Crippen LogP contribution in [-0.4, -0.2) is 12.3 Å². The molecule has 0 radical (unpaired) electrons. The number of rotatable bonds is 5. The Hall–Kier alpha value is -6.78. The summed E-state index contributed by atoms with van der Waals surface area (Å²) in [5, 5.41) is 0. The largest absolute Gasteiger partial charge is 0.334 e. The van der Waals surface area contributed by atoms with Gasteiger partial charge in [0.2, 0.25) is 0 Å². The molecule has 0 aromatic heterocycles. The molecule has 2 atom stereocenters. The van der Waals surface area contributed by atoms with E-state index in [0.29, 0.717) is 0 Å². The molecule has 0 saturated heterocycles. The zero-order valence-corrected chi connectivity index (χ0v) is 49.0. The van der Waals surface area contributed by atoms with Crippen molar-refractivity contribution in [1.82, 2.24) is 0 Å². The number of nitrogens with zero attached hydrogens (tertiary/aromatic N) is 3. The third kappa shape index (κ3) is 8.12. The van der Waals surface area contributed by atoms with Crippen molar-refractivity contribution >= 4 is 68.6 Å².